The van der Waals surface area contributed by atoms with E-state index in [9.17, 15) is 14.4 Å². The largest absolute Gasteiger partial charge is 0.427 e. The third-order valence-electron chi connectivity index (χ3n) is 4.93. The molecule has 1 fully saturated rings. The molecule has 6 heteroatoms. The molecule has 30 heavy (non-hydrogen) atoms. The number of carbonyl (C=O) groups is 3. The standard InChI is InChI=1S/C24H26N2O4/c1-18-7-9-20(10-8-18)11-12-23(28)25-13-4-14-26(16-15-25)24(29)21-5-3-6-22(17-21)30-19(2)27/h3,5-12,17H,4,13-16H2,1-2H3/b12-11+. The highest BCUT2D eigenvalue weighted by molar-refractivity contribution is 5.95. The van der Waals surface area contributed by atoms with E-state index in [1.54, 1.807) is 40.1 Å². The third kappa shape index (κ3) is 5.80. The summed E-state index contributed by atoms with van der Waals surface area (Å²) in [5, 5.41) is 0. The molecule has 0 unspecified atom stereocenters. The van der Waals surface area contributed by atoms with Gasteiger partial charge >= 0.3 is 5.97 Å². The molecule has 0 bridgehead atoms. The number of aryl methyl sites for hydroxylation is 1. The van der Waals surface area contributed by atoms with Gasteiger partial charge in [-0.05, 0) is 43.2 Å². The Labute approximate surface area is 176 Å². The Kier molecular flexibility index (Phi) is 7.01. The van der Waals surface area contributed by atoms with Crippen molar-refractivity contribution in [2.75, 3.05) is 26.2 Å². The van der Waals surface area contributed by atoms with Crippen molar-refractivity contribution in [2.45, 2.75) is 20.3 Å². The minimum Gasteiger partial charge on any atom is -0.427 e. The first-order valence-electron chi connectivity index (χ1n) is 10.0. The lowest BCUT2D eigenvalue weighted by Crippen LogP contribution is -2.36. The molecule has 2 aromatic carbocycles. The molecule has 0 N–H and O–H groups in total. The molecule has 2 amide bonds. The van der Waals surface area contributed by atoms with Gasteiger partial charge in [-0.3, -0.25) is 14.4 Å². The minimum atomic E-state index is -0.429. The Morgan fingerprint density at radius 3 is 2.37 bits per heavy atom. The first-order valence-corrected chi connectivity index (χ1v) is 10.0. The molecule has 1 saturated heterocycles. The summed E-state index contributed by atoms with van der Waals surface area (Å²) in [6, 6.07) is 14.6. The quantitative estimate of drug-likeness (QED) is 0.444. The number of ether oxygens (including phenoxy) is 1. The van der Waals surface area contributed by atoms with Gasteiger partial charge in [-0.1, -0.05) is 35.9 Å². The van der Waals surface area contributed by atoms with E-state index in [-0.39, 0.29) is 11.8 Å². The lowest BCUT2D eigenvalue weighted by atomic mass is 10.1. The number of amides is 2. The molecule has 0 saturated carbocycles. The Morgan fingerprint density at radius 2 is 1.63 bits per heavy atom. The van der Waals surface area contributed by atoms with Crippen LogP contribution in [0.4, 0.5) is 0 Å². The fourth-order valence-electron chi connectivity index (χ4n) is 3.33. The number of esters is 1. The summed E-state index contributed by atoms with van der Waals surface area (Å²) in [4.78, 5) is 40.1. The van der Waals surface area contributed by atoms with Gasteiger partial charge in [0.25, 0.3) is 5.91 Å². The van der Waals surface area contributed by atoms with Crippen molar-refractivity contribution in [1.82, 2.24) is 9.80 Å². The number of benzene rings is 2. The SMILES string of the molecule is CC(=O)Oc1cccc(C(=O)N2CCCN(C(=O)/C=C/c3ccc(C)cc3)CC2)c1. The van der Waals surface area contributed by atoms with E-state index >= 15 is 0 Å². The molecule has 1 aliphatic heterocycles. The van der Waals surface area contributed by atoms with E-state index in [1.807, 2.05) is 37.3 Å². The smallest absolute Gasteiger partial charge is 0.308 e. The molecule has 0 aliphatic carbocycles. The molecular formula is C24H26N2O4. The predicted molar refractivity (Wildman–Crippen MR) is 115 cm³/mol. The van der Waals surface area contributed by atoms with Crippen molar-refractivity contribution in [2.24, 2.45) is 0 Å². The maximum absolute atomic E-state index is 12.9. The predicted octanol–water partition coefficient (Wildman–Crippen LogP) is 3.31. The summed E-state index contributed by atoms with van der Waals surface area (Å²) in [6.45, 7) is 5.46. The van der Waals surface area contributed by atoms with Crippen molar-refractivity contribution >= 4 is 23.9 Å². The summed E-state index contributed by atoms with van der Waals surface area (Å²) in [5.41, 5.74) is 2.62. The summed E-state index contributed by atoms with van der Waals surface area (Å²) in [5.74, 6) is -0.265. The topological polar surface area (TPSA) is 66.9 Å². The number of carbonyl (C=O) groups excluding carboxylic acids is 3. The number of hydrogen-bond acceptors (Lipinski definition) is 4. The van der Waals surface area contributed by atoms with E-state index in [1.165, 1.54) is 12.5 Å². The molecule has 0 radical (unpaired) electrons. The van der Waals surface area contributed by atoms with Gasteiger partial charge in [0.2, 0.25) is 5.91 Å². The van der Waals surface area contributed by atoms with Crippen LogP contribution in [0.1, 0.15) is 34.8 Å². The second-order valence-electron chi connectivity index (χ2n) is 7.34. The van der Waals surface area contributed by atoms with E-state index in [4.69, 9.17) is 4.74 Å². The first kappa shape index (κ1) is 21.3. The summed E-state index contributed by atoms with van der Waals surface area (Å²) in [7, 11) is 0. The summed E-state index contributed by atoms with van der Waals surface area (Å²) in [6.07, 6.45) is 4.11. The molecule has 2 aromatic rings. The van der Waals surface area contributed by atoms with Gasteiger partial charge in [-0.25, -0.2) is 0 Å². The van der Waals surface area contributed by atoms with Crippen molar-refractivity contribution in [3.8, 4) is 5.75 Å². The van der Waals surface area contributed by atoms with Gasteiger partial charge in [0.1, 0.15) is 5.75 Å². The molecule has 1 heterocycles. The monoisotopic (exact) mass is 406 g/mol. The van der Waals surface area contributed by atoms with E-state index in [0.29, 0.717) is 43.9 Å². The molecule has 0 spiro atoms. The number of hydrogen-bond donors (Lipinski definition) is 0. The van der Waals surface area contributed by atoms with Crippen LogP contribution in [0.25, 0.3) is 6.08 Å². The van der Waals surface area contributed by atoms with Crippen LogP contribution in [0.2, 0.25) is 0 Å². The molecule has 0 atom stereocenters. The van der Waals surface area contributed by atoms with Crippen LogP contribution in [0.15, 0.2) is 54.6 Å². The summed E-state index contributed by atoms with van der Waals surface area (Å²) >= 11 is 0. The van der Waals surface area contributed by atoms with Gasteiger partial charge in [-0.15, -0.1) is 0 Å². The highest BCUT2D eigenvalue weighted by Gasteiger charge is 2.22. The van der Waals surface area contributed by atoms with Crippen LogP contribution >= 0.6 is 0 Å². The van der Waals surface area contributed by atoms with E-state index < -0.39 is 5.97 Å². The molecule has 0 aromatic heterocycles. The zero-order chi connectivity index (χ0) is 21.5. The highest BCUT2D eigenvalue weighted by Crippen LogP contribution is 2.17. The highest BCUT2D eigenvalue weighted by atomic mass is 16.5. The zero-order valence-electron chi connectivity index (χ0n) is 17.3. The Hall–Kier alpha value is -3.41. The lowest BCUT2D eigenvalue weighted by molar-refractivity contribution is -0.132. The second-order valence-corrected chi connectivity index (χ2v) is 7.34. The number of rotatable bonds is 4. The first-order chi connectivity index (χ1) is 14.4. The van der Waals surface area contributed by atoms with Crippen LogP contribution in [-0.4, -0.2) is 53.8 Å². The maximum Gasteiger partial charge on any atom is 0.308 e. The van der Waals surface area contributed by atoms with Gasteiger partial charge in [0.15, 0.2) is 0 Å². The number of nitrogens with zero attached hydrogens (tertiary/aromatic N) is 2. The van der Waals surface area contributed by atoms with Crippen molar-refractivity contribution in [3.05, 3.63) is 71.3 Å². The van der Waals surface area contributed by atoms with Gasteiger partial charge in [0, 0.05) is 44.7 Å². The van der Waals surface area contributed by atoms with Gasteiger partial charge in [0.05, 0.1) is 0 Å². The minimum absolute atomic E-state index is 0.0540. The van der Waals surface area contributed by atoms with E-state index in [2.05, 4.69) is 0 Å². The van der Waals surface area contributed by atoms with Crippen LogP contribution in [0.5, 0.6) is 5.75 Å². The lowest BCUT2D eigenvalue weighted by Gasteiger charge is -2.21. The average Bonchev–Trinajstić information content (AvgIpc) is 2.99. The van der Waals surface area contributed by atoms with Gasteiger partial charge < -0.3 is 14.5 Å². The third-order valence-corrected chi connectivity index (χ3v) is 4.93. The van der Waals surface area contributed by atoms with Gasteiger partial charge in [-0.2, -0.15) is 0 Å². The van der Waals surface area contributed by atoms with Crippen molar-refractivity contribution in [3.63, 3.8) is 0 Å². The fraction of sp³-hybridized carbons (Fsp3) is 0.292. The molecular weight excluding hydrogens is 380 g/mol. The normalized spacial score (nSPS) is 14.5. The average molecular weight is 406 g/mol. The van der Waals surface area contributed by atoms with Crippen LogP contribution in [-0.2, 0) is 9.59 Å². The Balaban J connectivity index is 1.60. The Bertz CT molecular complexity index is 950. The van der Waals surface area contributed by atoms with Crippen molar-refractivity contribution in [1.29, 1.82) is 0 Å². The molecule has 1 aliphatic rings. The van der Waals surface area contributed by atoms with Crippen LogP contribution in [0.3, 0.4) is 0 Å². The summed E-state index contributed by atoms with van der Waals surface area (Å²) < 4.78 is 5.07. The second kappa shape index (κ2) is 9.87. The van der Waals surface area contributed by atoms with Crippen LogP contribution < -0.4 is 4.74 Å². The van der Waals surface area contributed by atoms with Crippen molar-refractivity contribution < 1.29 is 19.1 Å². The molecule has 6 nitrogen and oxygen atoms in total. The zero-order valence-corrected chi connectivity index (χ0v) is 17.3. The maximum atomic E-state index is 12.9. The molecule has 3 rings (SSSR count). The van der Waals surface area contributed by atoms with Crippen LogP contribution in [0, 0.1) is 6.92 Å². The Morgan fingerprint density at radius 1 is 0.933 bits per heavy atom. The molecule has 156 valence electrons. The fourth-order valence-corrected chi connectivity index (χ4v) is 3.33. The van der Waals surface area contributed by atoms with E-state index in [0.717, 1.165) is 5.56 Å².